The largest absolute Gasteiger partial charge is 0.489 e. The zero-order chi connectivity index (χ0) is 21.5. The minimum Gasteiger partial charge on any atom is -0.489 e. The molecular formula is C26H26N2O3. The molecule has 1 fully saturated rings. The van der Waals surface area contributed by atoms with Crippen LogP contribution in [0.25, 0.3) is 0 Å². The van der Waals surface area contributed by atoms with Crippen molar-refractivity contribution in [2.75, 3.05) is 18.4 Å². The number of carbonyl (C=O) groups is 2. The molecule has 158 valence electrons. The van der Waals surface area contributed by atoms with Crippen LogP contribution in [0.3, 0.4) is 0 Å². The van der Waals surface area contributed by atoms with Crippen molar-refractivity contribution in [3.63, 3.8) is 0 Å². The third-order valence-electron chi connectivity index (χ3n) is 5.58. The summed E-state index contributed by atoms with van der Waals surface area (Å²) in [5.41, 5.74) is 2.32. The fourth-order valence-corrected chi connectivity index (χ4v) is 3.81. The number of hydrogen-bond donors (Lipinski definition) is 1. The Bertz CT molecular complexity index is 1010. The van der Waals surface area contributed by atoms with Crippen molar-refractivity contribution in [3.05, 3.63) is 96.1 Å². The Hall–Kier alpha value is -3.60. The lowest BCUT2D eigenvalue weighted by molar-refractivity contribution is -0.121. The minimum atomic E-state index is -0.0825. The molecule has 0 bridgehead atoms. The van der Waals surface area contributed by atoms with Gasteiger partial charge in [0.1, 0.15) is 12.4 Å². The number of rotatable bonds is 6. The molecule has 5 nitrogen and oxygen atoms in total. The van der Waals surface area contributed by atoms with Gasteiger partial charge in [0, 0.05) is 35.8 Å². The van der Waals surface area contributed by atoms with Gasteiger partial charge in [-0.1, -0.05) is 54.6 Å². The molecule has 0 aliphatic carbocycles. The summed E-state index contributed by atoms with van der Waals surface area (Å²) in [7, 11) is 0. The van der Waals surface area contributed by atoms with Gasteiger partial charge in [0.05, 0.1) is 0 Å². The van der Waals surface area contributed by atoms with Crippen molar-refractivity contribution in [2.24, 2.45) is 5.92 Å². The molecule has 4 rings (SSSR count). The number of nitrogens with one attached hydrogen (secondary N) is 1. The van der Waals surface area contributed by atoms with Crippen molar-refractivity contribution in [2.45, 2.75) is 19.4 Å². The van der Waals surface area contributed by atoms with Crippen LogP contribution in [0.5, 0.6) is 5.75 Å². The molecule has 31 heavy (non-hydrogen) atoms. The quantitative estimate of drug-likeness (QED) is 0.633. The van der Waals surface area contributed by atoms with E-state index in [0.717, 1.165) is 17.0 Å². The number of carbonyl (C=O) groups excluding carboxylic acids is 2. The Morgan fingerprint density at radius 3 is 2.16 bits per heavy atom. The van der Waals surface area contributed by atoms with Gasteiger partial charge in [-0.2, -0.15) is 0 Å². The lowest BCUT2D eigenvalue weighted by atomic mass is 9.95. The van der Waals surface area contributed by atoms with Gasteiger partial charge in [-0.05, 0) is 43.2 Å². The molecule has 0 unspecified atom stereocenters. The number of hydrogen-bond acceptors (Lipinski definition) is 3. The number of amides is 2. The van der Waals surface area contributed by atoms with Gasteiger partial charge in [-0.15, -0.1) is 0 Å². The van der Waals surface area contributed by atoms with Crippen LogP contribution in [0.1, 0.15) is 28.8 Å². The number of ether oxygens (including phenoxy) is 1. The fraction of sp³-hybridized carbons (Fsp3) is 0.231. The van der Waals surface area contributed by atoms with Crippen molar-refractivity contribution in [1.82, 2.24) is 4.90 Å². The lowest BCUT2D eigenvalue weighted by Crippen LogP contribution is -2.41. The molecule has 5 heteroatoms. The molecule has 0 aromatic heterocycles. The maximum Gasteiger partial charge on any atom is 0.254 e. The van der Waals surface area contributed by atoms with Gasteiger partial charge in [0.15, 0.2) is 0 Å². The molecule has 3 aromatic rings. The summed E-state index contributed by atoms with van der Waals surface area (Å²) in [5.74, 6) is 0.708. The van der Waals surface area contributed by atoms with E-state index in [9.17, 15) is 9.59 Å². The van der Waals surface area contributed by atoms with E-state index in [2.05, 4.69) is 5.32 Å². The molecule has 1 N–H and O–H groups in total. The second-order valence-electron chi connectivity index (χ2n) is 7.68. The highest BCUT2D eigenvalue weighted by Crippen LogP contribution is 2.23. The predicted octanol–water partition coefficient (Wildman–Crippen LogP) is 4.76. The van der Waals surface area contributed by atoms with Gasteiger partial charge in [-0.25, -0.2) is 0 Å². The van der Waals surface area contributed by atoms with Gasteiger partial charge in [0.25, 0.3) is 5.91 Å². The molecule has 0 spiro atoms. The van der Waals surface area contributed by atoms with E-state index in [-0.39, 0.29) is 17.7 Å². The zero-order valence-corrected chi connectivity index (χ0v) is 17.4. The van der Waals surface area contributed by atoms with Crippen LogP contribution in [0.4, 0.5) is 5.69 Å². The van der Waals surface area contributed by atoms with Crippen LogP contribution in [0.2, 0.25) is 0 Å². The van der Waals surface area contributed by atoms with E-state index in [4.69, 9.17) is 4.74 Å². The van der Waals surface area contributed by atoms with Crippen LogP contribution in [-0.2, 0) is 11.4 Å². The molecule has 1 heterocycles. The zero-order valence-electron chi connectivity index (χ0n) is 17.4. The Kier molecular flexibility index (Phi) is 6.62. The highest BCUT2D eigenvalue weighted by atomic mass is 16.5. The van der Waals surface area contributed by atoms with E-state index in [1.165, 1.54) is 0 Å². The Morgan fingerprint density at radius 2 is 1.45 bits per heavy atom. The van der Waals surface area contributed by atoms with Gasteiger partial charge >= 0.3 is 0 Å². The number of para-hydroxylation sites is 2. The van der Waals surface area contributed by atoms with E-state index in [1.807, 2.05) is 89.8 Å². The summed E-state index contributed by atoms with van der Waals surface area (Å²) in [5, 5.41) is 2.97. The van der Waals surface area contributed by atoms with Crippen molar-refractivity contribution in [1.29, 1.82) is 0 Å². The van der Waals surface area contributed by atoms with E-state index in [0.29, 0.717) is 38.1 Å². The summed E-state index contributed by atoms with van der Waals surface area (Å²) >= 11 is 0. The topological polar surface area (TPSA) is 58.6 Å². The van der Waals surface area contributed by atoms with Crippen molar-refractivity contribution < 1.29 is 14.3 Å². The summed E-state index contributed by atoms with van der Waals surface area (Å²) in [6.07, 6.45) is 1.32. The van der Waals surface area contributed by atoms with E-state index in [1.54, 1.807) is 0 Å². The van der Waals surface area contributed by atoms with Crippen LogP contribution in [0, 0.1) is 5.92 Å². The van der Waals surface area contributed by atoms with Crippen molar-refractivity contribution in [3.8, 4) is 5.75 Å². The highest BCUT2D eigenvalue weighted by Gasteiger charge is 2.28. The first kappa shape index (κ1) is 20.7. The van der Waals surface area contributed by atoms with Crippen LogP contribution < -0.4 is 10.1 Å². The van der Waals surface area contributed by atoms with Gasteiger partial charge in [0.2, 0.25) is 5.91 Å². The molecule has 1 saturated heterocycles. The van der Waals surface area contributed by atoms with E-state index < -0.39 is 0 Å². The number of anilines is 1. The third kappa shape index (κ3) is 5.31. The summed E-state index contributed by atoms with van der Waals surface area (Å²) < 4.78 is 5.85. The average Bonchev–Trinajstić information content (AvgIpc) is 2.84. The highest BCUT2D eigenvalue weighted by molar-refractivity contribution is 5.96. The molecule has 0 atom stereocenters. The first-order valence-electron chi connectivity index (χ1n) is 10.6. The summed E-state index contributed by atoms with van der Waals surface area (Å²) in [6, 6.07) is 26.6. The number of likely N-dealkylation sites (tertiary alicyclic amines) is 1. The number of nitrogens with zero attached hydrogens (tertiary/aromatic N) is 1. The normalized spacial score (nSPS) is 14.1. The van der Waals surface area contributed by atoms with Gasteiger partial charge in [-0.3, -0.25) is 9.59 Å². The number of piperidine rings is 1. The maximum atomic E-state index is 13.2. The average molecular weight is 415 g/mol. The standard InChI is InChI=1S/C26H26N2O3/c29-25(27-22-10-3-1-4-11-22)20-15-17-28(18-16-20)26(30)24-14-8-7-9-21(24)19-31-23-12-5-2-6-13-23/h1-14,20H,15-19H2,(H,27,29). The van der Waals surface area contributed by atoms with Crippen molar-refractivity contribution >= 4 is 17.5 Å². The molecule has 3 aromatic carbocycles. The summed E-state index contributed by atoms with van der Waals surface area (Å²) in [4.78, 5) is 27.6. The second kappa shape index (κ2) is 9.94. The van der Waals surface area contributed by atoms with E-state index >= 15 is 0 Å². The molecular weight excluding hydrogens is 388 g/mol. The Labute approximate surface area is 182 Å². The smallest absolute Gasteiger partial charge is 0.254 e. The van der Waals surface area contributed by atoms with Crippen LogP contribution in [0.15, 0.2) is 84.9 Å². The predicted molar refractivity (Wildman–Crippen MR) is 121 cm³/mol. The number of benzene rings is 3. The molecule has 1 aliphatic rings. The van der Waals surface area contributed by atoms with Gasteiger partial charge < -0.3 is 15.0 Å². The minimum absolute atomic E-state index is 0.00539. The summed E-state index contributed by atoms with van der Waals surface area (Å²) in [6.45, 7) is 1.47. The molecule has 0 saturated carbocycles. The lowest BCUT2D eigenvalue weighted by Gasteiger charge is -2.32. The SMILES string of the molecule is O=C(Nc1ccccc1)C1CCN(C(=O)c2ccccc2COc2ccccc2)CC1. The third-order valence-corrected chi connectivity index (χ3v) is 5.58. The fourth-order valence-electron chi connectivity index (χ4n) is 3.81. The maximum absolute atomic E-state index is 13.2. The Balaban J connectivity index is 1.35. The first-order valence-corrected chi connectivity index (χ1v) is 10.6. The van der Waals surface area contributed by atoms with Crippen LogP contribution in [-0.4, -0.2) is 29.8 Å². The molecule has 2 amide bonds. The monoisotopic (exact) mass is 414 g/mol. The first-order chi connectivity index (χ1) is 15.2. The van der Waals surface area contributed by atoms with Crippen LogP contribution >= 0.6 is 0 Å². The molecule has 0 radical (unpaired) electrons. The second-order valence-corrected chi connectivity index (χ2v) is 7.68. The molecule has 1 aliphatic heterocycles. The Morgan fingerprint density at radius 1 is 0.839 bits per heavy atom.